The van der Waals surface area contributed by atoms with Crippen molar-refractivity contribution in [2.24, 2.45) is 0 Å². The van der Waals surface area contributed by atoms with Gasteiger partial charge in [0.2, 0.25) is 0 Å². The third kappa shape index (κ3) is 2.46. The van der Waals surface area contributed by atoms with Gasteiger partial charge in [-0.25, -0.2) is 9.78 Å². The predicted octanol–water partition coefficient (Wildman–Crippen LogP) is 1.70. The van der Waals surface area contributed by atoms with E-state index in [-0.39, 0.29) is 17.7 Å². The van der Waals surface area contributed by atoms with Crippen LogP contribution in [0.3, 0.4) is 0 Å². The highest BCUT2D eigenvalue weighted by Crippen LogP contribution is 2.21. The number of aromatic carboxylic acids is 1. The van der Waals surface area contributed by atoms with Gasteiger partial charge in [-0.3, -0.25) is 0 Å². The molecule has 18 heavy (non-hydrogen) atoms. The lowest BCUT2D eigenvalue weighted by Crippen LogP contribution is -2.47. The molecule has 98 valence electrons. The van der Waals surface area contributed by atoms with E-state index in [1.165, 1.54) is 0 Å². The average Bonchev–Trinajstić information content (AvgIpc) is 2.31. The fourth-order valence-electron chi connectivity index (χ4n) is 2.16. The summed E-state index contributed by atoms with van der Waals surface area (Å²) in [6.45, 7) is 7.27. The Morgan fingerprint density at radius 1 is 1.50 bits per heavy atom. The summed E-state index contributed by atoms with van der Waals surface area (Å²) in [7, 11) is 0. The fraction of sp³-hybridized carbons (Fsp3) is 0.538. The van der Waals surface area contributed by atoms with Gasteiger partial charge in [0.25, 0.3) is 0 Å². The molecule has 0 amide bonds. The highest BCUT2D eigenvalue weighted by Gasteiger charge is 2.25. The van der Waals surface area contributed by atoms with Crippen LogP contribution in [0, 0.1) is 6.92 Å². The molecule has 1 fully saturated rings. The Hall–Kier alpha value is -1.62. The molecule has 1 aliphatic heterocycles. The third-order valence-electron chi connectivity index (χ3n) is 3.20. The molecule has 2 rings (SSSR count). The minimum atomic E-state index is -0.935. The van der Waals surface area contributed by atoms with Crippen molar-refractivity contribution in [2.45, 2.75) is 32.9 Å². The van der Waals surface area contributed by atoms with E-state index in [4.69, 9.17) is 9.84 Å². The zero-order valence-corrected chi connectivity index (χ0v) is 10.9. The monoisotopic (exact) mass is 250 g/mol. The highest BCUT2D eigenvalue weighted by atomic mass is 16.5. The van der Waals surface area contributed by atoms with Crippen LogP contribution in [0.5, 0.6) is 0 Å². The smallest absolute Gasteiger partial charge is 0.337 e. The first-order valence-electron chi connectivity index (χ1n) is 6.08. The van der Waals surface area contributed by atoms with Crippen LogP contribution in [0.1, 0.15) is 29.9 Å². The van der Waals surface area contributed by atoms with Crippen molar-refractivity contribution < 1.29 is 14.6 Å². The molecule has 5 heteroatoms. The Bertz CT molecular complexity index is 462. The number of aromatic nitrogens is 1. The first-order chi connectivity index (χ1) is 8.49. The summed E-state index contributed by atoms with van der Waals surface area (Å²) < 4.78 is 5.57. The van der Waals surface area contributed by atoms with Crippen LogP contribution in [0.2, 0.25) is 0 Å². The molecule has 1 saturated heterocycles. The van der Waals surface area contributed by atoms with Gasteiger partial charge in [0.05, 0.1) is 30.0 Å². The Morgan fingerprint density at radius 3 is 2.83 bits per heavy atom. The Labute approximate surface area is 106 Å². The zero-order chi connectivity index (χ0) is 13.3. The summed E-state index contributed by atoms with van der Waals surface area (Å²) in [5.74, 6) is -0.116. The van der Waals surface area contributed by atoms with Crippen LogP contribution in [0.15, 0.2) is 12.1 Å². The van der Waals surface area contributed by atoms with Crippen LogP contribution in [-0.2, 0) is 4.74 Å². The maximum absolute atomic E-state index is 11.0. The predicted molar refractivity (Wildman–Crippen MR) is 68.2 cm³/mol. The number of carbonyl (C=O) groups is 1. The molecule has 2 atom stereocenters. The maximum Gasteiger partial charge on any atom is 0.337 e. The molecule has 0 aliphatic carbocycles. The van der Waals surface area contributed by atoms with E-state index in [2.05, 4.69) is 16.8 Å². The number of morpholine rings is 1. The number of aryl methyl sites for hydroxylation is 1. The Morgan fingerprint density at radius 2 is 2.22 bits per heavy atom. The van der Waals surface area contributed by atoms with Crippen molar-refractivity contribution in [3.8, 4) is 0 Å². The van der Waals surface area contributed by atoms with Crippen LogP contribution in [0.25, 0.3) is 0 Å². The van der Waals surface area contributed by atoms with Crippen molar-refractivity contribution in [1.29, 1.82) is 0 Å². The van der Waals surface area contributed by atoms with E-state index in [0.29, 0.717) is 12.3 Å². The van der Waals surface area contributed by atoms with Crippen molar-refractivity contribution in [1.82, 2.24) is 4.98 Å². The fourth-order valence-corrected chi connectivity index (χ4v) is 2.16. The molecule has 1 aromatic rings. The molecule has 2 heterocycles. The van der Waals surface area contributed by atoms with E-state index in [9.17, 15) is 4.79 Å². The van der Waals surface area contributed by atoms with Gasteiger partial charge in [0.1, 0.15) is 5.82 Å². The molecule has 1 aliphatic rings. The molecule has 1 aromatic heterocycles. The summed E-state index contributed by atoms with van der Waals surface area (Å²) in [6, 6.07) is 3.64. The SMILES string of the molecule is Cc1nc(N2CC(C)OCC2C)ccc1C(=O)O. The molecule has 0 saturated carbocycles. The minimum absolute atomic E-state index is 0.169. The zero-order valence-electron chi connectivity index (χ0n) is 10.9. The number of rotatable bonds is 2. The molecular formula is C13H18N2O3. The molecule has 2 unspecified atom stereocenters. The maximum atomic E-state index is 11.0. The molecular weight excluding hydrogens is 232 g/mol. The number of carboxylic acid groups (broad SMARTS) is 1. The normalized spacial score (nSPS) is 24.1. The van der Waals surface area contributed by atoms with Crippen molar-refractivity contribution >= 4 is 11.8 Å². The minimum Gasteiger partial charge on any atom is -0.478 e. The molecule has 1 N–H and O–H groups in total. The van der Waals surface area contributed by atoms with Gasteiger partial charge in [-0.2, -0.15) is 0 Å². The first kappa shape index (κ1) is 12.8. The highest BCUT2D eigenvalue weighted by molar-refractivity contribution is 5.89. The molecule has 0 spiro atoms. The van der Waals surface area contributed by atoms with Gasteiger partial charge in [0.15, 0.2) is 0 Å². The van der Waals surface area contributed by atoms with Crippen LogP contribution in [-0.4, -0.2) is 41.4 Å². The largest absolute Gasteiger partial charge is 0.478 e. The van der Waals surface area contributed by atoms with Gasteiger partial charge < -0.3 is 14.7 Å². The lowest BCUT2D eigenvalue weighted by molar-refractivity contribution is 0.0340. The second kappa shape index (κ2) is 4.94. The van der Waals surface area contributed by atoms with E-state index < -0.39 is 5.97 Å². The van der Waals surface area contributed by atoms with Gasteiger partial charge in [0, 0.05) is 6.54 Å². The van der Waals surface area contributed by atoms with Crippen LogP contribution >= 0.6 is 0 Å². The number of pyridine rings is 1. The number of anilines is 1. The van der Waals surface area contributed by atoms with Crippen molar-refractivity contribution in [3.63, 3.8) is 0 Å². The first-order valence-corrected chi connectivity index (χ1v) is 6.08. The summed E-state index contributed by atoms with van der Waals surface area (Å²) in [5, 5.41) is 8.99. The van der Waals surface area contributed by atoms with Gasteiger partial charge in [-0.15, -0.1) is 0 Å². The second-order valence-corrected chi connectivity index (χ2v) is 4.75. The lowest BCUT2D eigenvalue weighted by Gasteiger charge is -2.37. The summed E-state index contributed by atoms with van der Waals surface area (Å²) >= 11 is 0. The Kier molecular flexibility index (Phi) is 3.52. The Balaban J connectivity index is 2.28. The standard InChI is InChI=1S/C13H18N2O3/c1-8-7-18-9(2)6-15(8)12-5-4-11(13(16)17)10(3)14-12/h4-5,8-9H,6-7H2,1-3H3,(H,16,17). The molecule has 5 nitrogen and oxygen atoms in total. The number of carboxylic acids is 1. The van der Waals surface area contributed by atoms with E-state index in [1.807, 2.05) is 6.92 Å². The molecule has 0 bridgehead atoms. The number of ether oxygens (including phenoxy) is 1. The average molecular weight is 250 g/mol. The van der Waals surface area contributed by atoms with E-state index >= 15 is 0 Å². The lowest BCUT2D eigenvalue weighted by atomic mass is 10.1. The molecule has 0 aromatic carbocycles. The van der Waals surface area contributed by atoms with Crippen molar-refractivity contribution in [3.05, 3.63) is 23.4 Å². The second-order valence-electron chi connectivity index (χ2n) is 4.75. The number of nitrogens with zero attached hydrogens (tertiary/aromatic N) is 2. The molecule has 0 radical (unpaired) electrons. The van der Waals surface area contributed by atoms with Crippen LogP contribution in [0.4, 0.5) is 5.82 Å². The topological polar surface area (TPSA) is 62.7 Å². The number of hydrogen-bond acceptors (Lipinski definition) is 4. The van der Waals surface area contributed by atoms with Crippen molar-refractivity contribution in [2.75, 3.05) is 18.1 Å². The van der Waals surface area contributed by atoms with Gasteiger partial charge >= 0.3 is 5.97 Å². The summed E-state index contributed by atoms with van der Waals surface area (Å²) in [4.78, 5) is 17.5. The van der Waals surface area contributed by atoms with E-state index in [0.717, 1.165) is 12.4 Å². The summed E-state index contributed by atoms with van der Waals surface area (Å²) in [5.41, 5.74) is 0.805. The third-order valence-corrected chi connectivity index (χ3v) is 3.20. The summed E-state index contributed by atoms with van der Waals surface area (Å²) in [6.07, 6.45) is 0.169. The number of hydrogen-bond donors (Lipinski definition) is 1. The van der Waals surface area contributed by atoms with Crippen LogP contribution < -0.4 is 4.90 Å². The van der Waals surface area contributed by atoms with Gasteiger partial charge in [-0.05, 0) is 32.9 Å². The van der Waals surface area contributed by atoms with E-state index in [1.54, 1.807) is 19.1 Å². The quantitative estimate of drug-likeness (QED) is 0.865. The van der Waals surface area contributed by atoms with Gasteiger partial charge in [-0.1, -0.05) is 0 Å².